The van der Waals surface area contributed by atoms with Crippen molar-refractivity contribution in [3.8, 4) is 11.5 Å². The van der Waals surface area contributed by atoms with Crippen molar-refractivity contribution in [2.24, 2.45) is 23.7 Å². The van der Waals surface area contributed by atoms with Crippen LogP contribution >= 0.6 is 0 Å². The Bertz CT molecular complexity index is 1610. The van der Waals surface area contributed by atoms with Crippen LogP contribution in [-0.4, -0.2) is 23.9 Å². The van der Waals surface area contributed by atoms with E-state index in [-0.39, 0.29) is 29.6 Å². The number of carbonyl (C=O) groups excluding carboxylic acids is 2. The molecule has 6 nitrogen and oxygen atoms in total. The maximum atomic E-state index is 14.2. The molecule has 1 aromatic heterocycles. The number of hydrogen-bond donors (Lipinski definition) is 1. The lowest BCUT2D eigenvalue weighted by Crippen LogP contribution is -2.40. The third kappa shape index (κ3) is 4.23. The lowest BCUT2D eigenvalue weighted by atomic mass is 9.58. The van der Waals surface area contributed by atoms with Crippen molar-refractivity contribution < 1.29 is 19.1 Å². The molecule has 1 aliphatic heterocycles. The van der Waals surface area contributed by atoms with Crippen LogP contribution in [-0.2, 0) is 16.2 Å². The molecule has 5 atom stereocenters. The molecule has 2 fully saturated rings. The molecule has 3 aliphatic rings. The van der Waals surface area contributed by atoms with E-state index in [1.165, 1.54) is 10.5 Å². The highest BCUT2D eigenvalue weighted by Gasteiger charge is 2.59. The van der Waals surface area contributed by atoms with Gasteiger partial charge in [-0.15, -0.1) is 0 Å². The predicted molar refractivity (Wildman–Crippen MR) is 159 cm³/mol. The van der Waals surface area contributed by atoms with Crippen molar-refractivity contribution in [1.82, 2.24) is 4.98 Å². The van der Waals surface area contributed by atoms with E-state index in [1.54, 1.807) is 19.2 Å². The van der Waals surface area contributed by atoms with Crippen LogP contribution in [0.2, 0.25) is 0 Å². The Hall–Kier alpha value is -4.06. The Balaban J connectivity index is 1.31. The van der Waals surface area contributed by atoms with Crippen molar-refractivity contribution in [3.63, 3.8) is 0 Å². The highest BCUT2D eigenvalue weighted by Crippen LogP contribution is 2.59. The molecule has 2 heterocycles. The summed E-state index contributed by atoms with van der Waals surface area (Å²) in [4.78, 5) is 33.4. The Morgan fingerprint density at radius 3 is 2.41 bits per heavy atom. The van der Waals surface area contributed by atoms with Gasteiger partial charge >= 0.3 is 0 Å². The van der Waals surface area contributed by atoms with Gasteiger partial charge < -0.3 is 14.5 Å². The number of H-pyrrole nitrogens is 1. The first-order valence-corrected chi connectivity index (χ1v) is 14.8. The van der Waals surface area contributed by atoms with Crippen LogP contribution < -0.4 is 14.4 Å². The molecule has 1 N–H and O–H groups in total. The lowest BCUT2D eigenvalue weighted by molar-refractivity contribution is -0.123. The summed E-state index contributed by atoms with van der Waals surface area (Å²) in [6.07, 6.45) is 3.13. The Morgan fingerprint density at radius 2 is 1.68 bits per heavy atom. The maximum Gasteiger partial charge on any atom is 0.243 e. The van der Waals surface area contributed by atoms with Crippen LogP contribution in [0.4, 0.5) is 5.69 Å². The number of imide groups is 1. The topological polar surface area (TPSA) is 71.6 Å². The fraction of sp³-hybridized carbons (Fsp3) is 0.371. The average molecular weight is 549 g/mol. The van der Waals surface area contributed by atoms with Crippen LogP contribution in [0.3, 0.4) is 0 Å². The summed E-state index contributed by atoms with van der Waals surface area (Å²) in [6, 6.07) is 23.6. The highest BCUT2D eigenvalue weighted by molar-refractivity contribution is 6.24. The van der Waals surface area contributed by atoms with E-state index < -0.39 is 5.92 Å². The largest absolute Gasteiger partial charge is 0.497 e. The van der Waals surface area contributed by atoms with Gasteiger partial charge in [0.05, 0.1) is 24.6 Å². The molecule has 0 bridgehead atoms. The Kier molecular flexibility index (Phi) is 6.37. The first kappa shape index (κ1) is 25.9. The number of nitrogens with one attached hydrogen (secondary N) is 1. The van der Waals surface area contributed by atoms with E-state index in [2.05, 4.69) is 43.1 Å². The summed E-state index contributed by atoms with van der Waals surface area (Å²) in [5, 5.41) is 1.12. The molecule has 210 valence electrons. The predicted octanol–water partition coefficient (Wildman–Crippen LogP) is 7.20. The number of carbonyl (C=O) groups is 2. The standard InChI is InChI=1S/C35H36N2O4/c1-20(2)22-9-15-26-27(17-22)31-32(35(39)37(34(31)38)23-10-12-24(40-3)13-11-23)33-30(26)28-18-25(14-16-29(28)36-33)41-19-21-7-5-4-6-8-21/h4-8,10-14,16,18,20,22,26-27,31-32,36H,9,15,17,19H2,1-3H3/t22-,26-,27+,31+,32-/m0/s1. The number of benzene rings is 3. The number of hydrogen-bond acceptors (Lipinski definition) is 4. The summed E-state index contributed by atoms with van der Waals surface area (Å²) in [5.41, 5.74) is 4.86. The minimum absolute atomic E-state index is 0.0687. The normalized spacial score (nSPS) is 25.3. The number of methoxy groups -OCH3 is 1. The van der Waals surface area contributed by atoms with Crippen molar-refractivity contribution in [3.05, 3.63) is 89.6 Å². The molecule has 0 radical (unpaired) electrons. The molecule has 1 saturated heterocycles. The van der Waals surface area contributed by atoms with Crippen LogP contribution in [0, 0.1) is 23.7 Å². The van der Waals surface area contributed by atoms with Gasteiger partial charge in [-0.05, 0) is 96.5 Å². The SMILES string of the molecule is COc1ccc(N2C(=O)[C@@H]3[C@@H]4C[C@@H](C(C)C)CC[C@@H]4c4c([nH]c5ccc(OCc6ccccc6)cc45)[C@H]3C2=O)cc1. The lowest BCUT2D eigenvalue weighted by Gasteiger charge is -2.44. The summed E-state index contributed by atoms with van der Waals surface area (Å²) in [6.45, 7) is 5.06. The number of ether oxygens (including phenoxy) is 2. The molecule has 0 spiro atoms. The van der Waals surface area contributed by atoms with E-state index in [0.29, 0.717) is 29.9 Å². The minimum Gasteiger partial charge on any atom is -0.497 e. The van der Waals surface area contributed by atoms with Crippen LogP contribution in [0.5, 0.6) is 11.5 Å². The molecule has 0 unspecified atom stereocenters. The van der Waals surface area contributed by atoms with Gasteiger partial charge in [-0.25, -0.2) is 4.90 Å². The highest BCUT2D eigenvalue weighted by atomic mass is 16.5. The van der Waals surface area contributed by atoms with E-state index >= 15 is 0 Å². The van der Waals surface area contributed by atoms with Gasteiger partial charge in [-0.1, -0.05) is 44.2 Å². The van der Waals surface area contributed by atoms with Gasteiger partial charge in [0, 0.05) is 16.6 Å². The number of rotatable bonds is 6. The average Bonchev–Trinajstić information content (AvgIpc) is 3.50. The second-order valence-electron chi connectivity index (χ2n) is 12.2. The van der Waals surface area contributed by atoms with Crippen LogP contribution in [0.25, 0.3) is 10.9 Å². The Labute approximate surface area is 240 Å². The first-order chi connectivity index (χ1) is 19.9. The quantitative estimate of drug-likeness (QED) is 0.259. The number of amides is 2. The number of anilines is 1. The number of fused-ring (bicyclic) bond motifs is 8. The third-order valence-corrected chi connectivity index (χ3v) is 9.80. The van der Waals surface area contributed by atoms with Crippen LogP contribution in [0.1, 0.15) is 61.8 Å². The van der Waals surface area contributed by atoms with E-state index in [0.717, 1.165) is 47.2 Å². The Morgan fingerprint density at radius 1 is 0.927 bits per heavy atom. The molecule has 2 amide bonds. The zero-order valence-electron chi connectivity index (χ0n) is 23.8. The summed E-state index contributed by atoms with van der Waals surface area (Å²) in [7, 11) is 1.61. The second-order valence-corrected chi connectivity index (χ2v) is 12.2. The molecule has 4 aromatic rings. The van der Waals surface area contributed by atoms with Crippen molar-refractivity contribution in [1.29, 1.82) is 0 Å². The minimum atomic E-state index is -0.507. The fourth-order valence-electron chi connectivity index (χ4n) is 7.70. The zero-order chi connectivity index (χ0) is 28.2. The summed E-state index contributed by atoms with van der Waals surface area (Å²) < 4.78 is 11.5. The zero-order valence-corrected chi connectivity index (χ0v) is 23.8. The molecular formula is C35H36N2O4. The second kappa shape index (κ2) is 10.1. The van der Waals surface area contributed by atoms with Gasteiger partial charge in [0.1, 0.15) is 18.1 Å². The van der Waals surface area contributed by atoms with Crippen molar-refractivity contribution in [2.45, 2.75) is 51.6 Å². The van der Waals surface area contributed by atoms with Crippen molar-refractivity contribution >= 4 is 28.4 Å². The molecule has 2 aliphatic carbocycles. The monoisotopic (exact) mass is 548 g/mol. The van der Waals surface area contributed by atoms with Gasteiger partial charge in [0.2, 0.25) is 11.8 Å². The smallest absolute Gasteiger partial charge is 0.243 e. The van der Waals surface area contributed by atoms with Gasteiger partial charge in [0.15, 0.2) is 0 Å². The van der Waals surface area contributed by atoms with Gasteiger partial charge in [-0.3, -0.25) is 9.59 Å². The van der Waals surface area contributed by atoms with Gasteiger partial charge in [-0.2, -0.15) is 0 Å². The first-order valence-electron chi connectivity index (χ1n) is 14.8. The summed E-state index contributed by atoms with van der Waals surface area (Å²) in [5.74, 6) is 1.89. The number of aromatic nitrogens is 1. The van der Waals surface area contributed by atoms with E-state index in [9.17, 15) is 9.59 Å². The molecule has 3 aromatic carbocycles. The molecule has 41 heavy (non-hydrogen) atoms. The molecule has 1 saturated carbocycles. The third-order valence-electron chi connectivity index (χ3n) is 9.80. The van der Waals surface area contributed by atoms with E-state index in [4.69, 9.17) is 9.47 Å². The molecule has 6 heteroatoms. The van der Waals surface area contributed by atoms with E-state index in [1.807, 2.05) is 36.4 Å². The fourth-order valence-corrected chi connectivity index (χ4v) is 7.70. The number of nitrogens with zero attached hydrogens (tertiary/aromatic N) is 1. The van der Waals surface area contributed by atoms with Crippen molar-refractivity contribution in [2.75, 3.05) is 12.0 Å². The maximum absolute atomic E-state index is 14.2. The molecule has 7 rings (SSSR count). The number of aromatic amines is 1. The molecular weight excluding hydrogens is 512 g/mol. The summed E-state index contributed by atoms with van der Waals surface area (Å²) >= 11 is 0. The van der Waals surface area contributed by atoms with Crippen LogP contribution in [0.15, 0.2) is 72.8 Å². The van der Waals surface area contributed by atoms with Gasteiger partial charge in [0.25, 0.3) is 0 Å².